The summed E-state index contributed by atoms with van der Waals surface area (Å²) >= 11 is 0. The number of rotatable bonds is 2. The third kappa shape index (κ3) is 1.04. The molecule has 0 N–H and O–H groups in total. The third-order valence-electron chi connectivity index (χ3n) is 4.90. The number of hydrogen-bond acceptors (Lipinski definition) is 1. The Bertz CT molecular complexity index is 264. The Balaban J connectivity index is 2.34. The summed E-state index contributed by atoms with van der Waals surface area (Å²) in [7, 11) is 0. The van der Waals surface area contributed by atoms with Crippen molar-refractivity contribution < 1.29 is 4.79 Å². The lowest BCUT2D eigenvalue weighted by atomic mass is 9.65. The molecular formula is C13H22O. The van der Waals surface area contributed by atoms with Gasteiger partial charge in [-0.1, -0.05) is 27.7 Å². The van der Waals surface area contributed by atoms with Gasteiger partial charge in [0, 0.05) is 11.8 Å². The minimum absolute atomic E-state index is 0.0475. The first-order valence-electron chi connectivity index (χ1n) is 5.93. The average Bonchev–Trinajstić information content (AvgIpc) is 2.36. The Kier molecular flexibility index (Phi) is 2.06. The average molecular weight is 194 g/mol. The number of ketones is 1. The van der Waals surface area contributed by atoms with Gasteiger partial charge in [-0.05, 0) is 36.5 Å². The van der Waals surface area contributed by atoms with Crippen LogP contribution in [0.5, 0.6) is 0 Å². The highest BCUT2D eigenvalue weighted by molar-refractivity contribution is 5.89. The van der Waals surface area contributed by atoms with E-state index in [0.29, 0.717) is 17.6 Å². The summed E-state index contributed by atoms with van der Waals surface area (Å²) in [5.41, 5.74) is 0.320. The van der Waals surface area contributed by atoms with Gasteiger partial charge in [-0.15, -0.1) is 0 Å². The van der Waals surface area contributed by atoms with E-state index in [1.807, 2.05) is 0 Å². The number of carbonyl (C=O) groups is 1. The van der Waals surface area contributed by atoms with Gasteiger partial charge >= 0.3 is 0 Å². The molecule has 0 radical (unpaired) electrons. The van der Waals surface area contributed by atoms with Crippen molar-refractivity contribution in [3.8, 4) is 0 Å². The first kappa shape index (κ1) is 10.2. The molecule has 2 aliphatic rings. The van der Waals surface area contributed by atoms with Crippen molar-refractivity contribution in [2.45, 2.75) is 53.4 Å². The van der Waals surface area contributed by atoms with Crippen molar-refractivity contribution in [2.24, 2.45) is 22.7 Å². The fourth-order valence-electron chi connectivity index (χ4n) is 3.95. The van der Waals surface area contributed by atoms with Gasteiger partial charge < -0.3 is 0 Å². The smallest absolute Gasteiger partial charge is 0.139 e. The zero-order valence-corrected chi connectivity index (χ0v) is 9.89. The second kappa shape index (κ2) is 2.84. The normalized spacial score (nSPS) is 39.8. The minimum atomic E-state index is 0.0475. The third-order valence-corrected chi connectivity index (χ3v) is 4.90. The highest BCUT2D eigenvalue weighted by atomic mass is 16.1. The molecule has 2 aliphatic carbocycles. The molecule has 0 aromatic heterocycles. The maximum atomic E-state index is 12.1. The van der Waals surface area contributed by atoms with Crippen LogP contribution in [0.1, 0.15) is 53.4 Å². The maximum Gasteiger partial charge on any atom is 0.139 e. The first-order valence-corrected chi connectivity index (χ1v) is 5.93. The first-order chi connectivity index (χ1) is 6.40. The Labute approximate surface area is 87.3 Å². The van der Waals surface area contributed by atoms with Crippen LogP contribution in [0.4, 0.5) is 0 Å². The lowest BCUT2D eigenvalue weighted by molar-refractivity contribution is -0.130. The molecule has 2 atom stereocenters. The van der Waals surface area contributed by atoms with Gasteiger partial charge in [-0.2, -0.15) is 0 Å². The molecule has 0 aliphatic heterocycles. The van der Waals surface area contributed by atoms with Crippen molar-refractivity contribution in [1.29, 1.82) is 0 Å². The molecule has 2 fully saturated rings. The fraction of sp³-hybridized carbons (Fsp3) is 0.923. The van der Waals surface area contributed by atoms with E-state index in [4.69, 9.17) is 0 Å². The van der Waals surface area contributed by atoms with Crippen LogP contribution >= 0.6 is 0 Å². The Morgan fingerprint density at radius 2 is 2.07 bits per heavy atom. The summed E-state index contributed by atoms with van der Waals surface area (Å²) in [4.78, 5) is 12.1. The molecule has 80 valence electrons. The van der Waals surface area contributed by atoms with E-state index in [1.165, 1.54) is 6.42 Å². The summed E-state index contributed by atoms with van der Waals surface area (Å²) in [6, 6.07) is 0. The van der Waals surface area contributed by atoms with Crippen molar-refractivity contribution in [3.05, 3.63) is 0 Å². The van der Waals surface area contributed by atoms with Gasteiger partial charge in [0.05, 0.1) is 0 Å². The van der Waals surface area contributed by atoms with E-state index < -0.39 is 0 Å². The van der Waals surface area contributed by atoms with E-state index in [1.54, 1.807) is 0 Å². The van der Waals surface area contributed by atoms with Gasteiger partial charge in [0.1, 0.15) is 5.78 Å². The molecular weight excluding hydrogens is 172 g/mol. The van der Waals surface area contributed by atoms with Gasteiger partial charge in [0.25, 0.3) is 0 Å². The standard InChI is InChI=1S/C13H22O/c1-9(2)8-13-6-5-10(7-11(13)14)12(13,3)4/h9-10H,5-8H2,1-4H3/t10?,13-/m0/s1. The number of hydrogen-bond donors (Lipinski definition) is 0. The Morgan fingerprint density at radius 1 is 1.43 bits per heavy atom. The molecule has 0 aromatic rings. The lowest BCUT2D eigenvalue weighted by Gasteiger charge is -2.37. The molecule has 0 aromatic carbocycles. The molecule has 2 bridgehead atoms. The van der Waals surface area contributed by atoms with Crippen LogP contribution in [0.2, 0.25) is 0 Å². The van der Waals surface area contributed by atoms with Gasteiger partial charge in [0.15, 0.2) is 0 Å². The molecule has 2 rings (SSSR count). The Hall–Kier alpha value is -0.330. The largest absolute Gasteiger partial charge is 0.299 e. The van der Waals surface area contributed by atoms with E-state index in [2.05, 4.69) is 27.7 Å². The highest BCUT2D eigenvalue weighted by Crippen LogP contribution is 2.65. The monoisotopic (exact) mass is 194 g/mol. The van der Waals surface area contributed by atoms with Crippen molar-refractivity contribution in [3.63, 3.8) is 0 Å². The van der Waals surface area contributed by atoms with Gasteiger partial charge in [0.2, 0.25) is 0 Å². The fourth-order valence-corrected chi connectivity index (χ4v) is 3.95. The topological polar surface area (TPSA) is 17.1 Å². The molecule has 1 nitrogen and oxygen atoms in total. The minimum Gasteiger partial charge on any atom is -0.299 e. The molecule has 0 spiro atoms. The van der Waals surface area contributed by atoms with Crippen molar-refractivity contribution in [1.82, 2.24) is 0 Å². The van der Waals surface area contributed by atoms with E-state index in [0.717, 1.165) is 19.3 Å². The zero-order valence-electron chi connectivity index (χ0n) is 9.89. The van der Waals surface area contributed by atoms with Crippen LogP contribution < -0.4 is 0 Å². The summed E-state index contributed by atoms with van der Waals surface area (Å²) in [6.07, 6.45) is 4.40. The van der Waals surface area contributed by atoms with Crippen LogP contribution in [0, 0.1) is 22.7 Å². The summed E-state index contributed by atoms with van der Waals surface area (Å²) in [5, 5.41) is 0. The molecule has 0 amide bonds. The van der Waals surface area contributed by atoms with Crippen molar-refractivity contribution >= 4 is 5.78 Å². The maximum absolute atomic E-state index is 12.1. The quantitative estimate of drug-likeness (QED) is 0.658. The second-order valence-corrected chi connectivity index (χ2v) is 6.26. The summed E-state index contributed by atoms with van der Waals surface area (Å²) in [6.45, 7) is 9.11. The summed E-state index contributed by atoms with van der Waals surface area (Å²) < 4.78 is 0. The molecule has 2 saturated carbocycles. The van der Waals surface area contributed by atoms with Crippen LogP contribution in [0.25, 0.3) is 0 Å². The summed E-state index contributed by atoms with van der Waals surface area (Å²) in [5.74, 6) is 1.89. The van der Waals surface area contributed by atoms with Crippen LogP contribution in [0.3, 0.4) is 0 Å². The number of carbonyl (C=O) groups excluding carboxylic acids is 1. The van der Waals surface area contributed by atoms with Crippen LogP contribution in [-0.2, 0) is 4.79 Å². The van der Waals surface area contributed by atoms with Crippen LogP contribution in [-0.4, -0.2) is 5.78 Å². The van der Waals surface area contributed by atoms with Crippen LogP contribution in [0.15, 0.2) is 0 Å². The lowest BCUT2D eigenvalue weighted by Crippen LogP contribution is -2.37. The molecule has 0 heterocycles. The van der Waals surface area contributed by atoms with E-state index in [-0.39, 0.29) is 10.8 Å². The highest BCUT2D eigenvalue weighted by Gasteiger charge is 2.63. The second-order valence-electron chi connectivity index (χ2n) is 6.26. The SMILES string of the molecule is CC(C)C[C@@]12CCC(CC1=O)C2(C)C. The predicted octanol–water partition coefficient (Wildman–Crippen LogP) is 3.43. The Morgan fingerprint density at radius 3 is 2.43 bits per heavy atom. The molecule has 14 heavy (non-hydrogen) atoms. The molecule has 1 unspecified atom stereocenters. The predicted molar refractivity (Wildman–Crippen MR) is 58.0 cm³/mol. The van der Waals surface area contributed by atoms with Crippen molar-refractivity contribution in [2.75, 3.05) is 0 Å². The zero-order chi connectivity index (χ0) is 10.6. The molecule has 1 heteroatoms. The van der Waals surface area contributed by atoms with E-state index >= 15 is 0 Å². The number of Topliss-reactive ketones (excluding diaryl/α,β-unsaturated/α-hetero) is 1. The number of fused-ring (bicyclic) bond motifs is 2. The molecule has 0 saturated heterocycles. The van der Waals surface area contributed by atoms with E-state index in [9.17, 15) is 4.79 Å². The van der Waals surface area contributed by atoms with Gasteiger partial charge in [-0.3, -0.25) is 4.79 Å². The van der Waals surface area contributed by atoms with Gasteiger partial charge in [-0.25, -0.2) is 0 Å².